The fourth-order valence-corrected chi connectivity index (χ4v) is 1.93. The average Bonchev–Trinajstić information content (AvgIpc) is 2.26. The SMILES string of the molecule is CCOCCC(NN)C1CCOCC1. The molecule has 0 radical (unpaired) electrons. The molecule has 0 amide bonds. The summed E-state index contributed by atoms with van der Waals surface area (Å²) in [4.78, 5) is 0. The molecule has 3 N–H and O–H groups in total. The van der Waals surface area contributed by atoms with Crippen molar-refractivity contribution in [3.8, 4) is 0 Å². The van der Waals surface area contributed by atoms with Crippen LogP contribution in [0.4, 0.5) is 0 Å². The van der Waals surface area contributed by atoms with Crippen molar-refractivity contribution in [1.82, 2.24) is 5.43 Å². The molecule has 14 heavy (non-hydrogen) atoms. The average molecular weight is 202 g/mol. The molecule has 0 aliphatic carbocycles. The van der Waals surface area contributed by atoms with Crippen molar-refractivity contribution in [3.05, 3.63) is 0 Å². The van der Waals surface area contributed by atoms with Crippen LogP contribution in [0.3, 0.4) is 0 Å². The van der Waals surface area contributed by atoms with Gasteiger partial charge in [0, 0.05) is 32.5 Å². The van der Waals surface area contributed by atoms with Crippen LogP contribution in [0.25, 0.3) is 0 Å². The molecule has 1 aliphatic heterocycles. The van der Waals surface area contributed by atoms with Gasteiger partial charge in [-0.15, -0.1) is 0 Å². The standard InChI is InChI=1S/C10H22N2O2/c1-2-13-8-5-10(12-11)9-3-6-14-7-4-9/h9-10,12H,2-8,11H2,1H3. The Labute approximate surface area is 86.1 Å². The summed E-state index contributed by atoms with van der Waals surface area (Å²) in [7, 11) is 0. The Bertz CT molecular complexity index is 138. The third-order valence-corrected chi connectivity index (χ3v) is 2.83. The minimum atomic E-state index is 0.380. The summed E-state index contributed by atoms with van der Waals surface area (Å²) in [5.74, 6) is 6.19. The summed E-state index contributed by atoms with van der Waals surface area (Å²) >= 11 is 0. The Balaban J connectivity index is 2.21. The molecular formula is C10H22N2O2. The summed E-state index contributed by atoms with van der Waals surface area (Å²) in [6, 6.07) is 0.380. The Morgan fingerprint density at radius 1 is 1.50 bits per heavy atom. The zero-order valence-corrected chi connectivity index (χ0v) is 9.00. The molecule has 0 spiro atoms. The fraction of sp³-hybridized carbons (Fsp3) is 1.00. The molecule has 4 nitrogen and oxygen atoms in total. The summed E-state index contributed by atoms with van der Waals surface area (Å²) in [5, 5.41) is 0. The van der Waals surface area contributed by atoms with Crippen molar-refractivity contribution >= 4 is 0 Å². The normalized spacial score (nSPS) is 21.0. The number of rotatable bonds is 6. The van der Waals surface area contributed by atoms with Gasteiger partial charge >= 0.3 is 0 Å². The lowest BCUT2D eigenvalue weighted by molar-refractivity contribution is 0.0458. The highest BCUT2D eigenvalue weighted by Crippen LogP contribution is 2.20. The molecule has 84 valence electrons. The topological polar surface area (TPSA) is 56.5 Å². The van der Waals surface area contributed by atoms with Gasteiger partial charge in [0.25, 0.3) is 0 Å². The Kier molecular flexibility index (Phi) is 6.10. The molecule has 0 aromatic carbocycles. The van der Waals surface area contributed by atoms with Crippen LogP contribution < -0.4 is 11.3 Å². The van der Waals surface area contributed by atoms with Crippen LogP contribution in [0.1, 0.15) is 26.2 Å². The van der Waals surface area contributed by atoms with E-state index < -0.39 is 0 Å². The van der Waals surface area contributed by atoms with Gasteiger partial charge in [-0.25, -0.2) is 0 Å². The van der Waals surface area contributed by atoms with E-state index in [4.69, 9.17) is 15.3 Å². The predicted molar refractivity (Wildman–Crippen MR) is 55.8 cm³/mol. The van der Waals surface area contributed by atoms with Gasteiger partial charge in [0.05, 0.1) is 0 Å². The Morgan fingerprint density at radius 3 is 2.79 bits per heavy atom. The highest BCUT2D eigenvalue weighted by molar-refractivity contribution is 4.76. The van der Waals surface area contributed by atoms with Gasteiger partial charge in [0.1, 0.15) is 0 Å². The zero-order valence-electron chi connectivity index (χ0n) is 9.00. The van der Waals surface area contributed by atoms with Crippen LogP contribution in [-0.2, 0) is 9.47 Å². The van der Waals surface area contributed by atoms with Gasteiger partial charge < -0.3 is 9.47 Å². The van der Waals surface area contributed by atoms with Gasteiger partial charge in [0.15, 0.2) is 0 Å². The van der Waals surface area contributed by atoms with Crippen molar-refractivity contribution < 1.29 is 9.47 Å². The lowest BCUT2D eigenvalue weighted by atomic mass is 9.90. The number of hydrogen-bond donors (Lipinski definition) is 2. The van der Waals surface area contributed by atoms with Gasteiger partial charge in [-0.1, -0.05) is 0 Å². The number of hydrogen-bond acceptors (Lipinski definition) is 4. The largest absolute Gasteiger partial charge is 0.382 e. The van der Waals surface area contributed by atoms with Crippen molar-refractivity contribution in [2.45, 2.75) is 32.2 Å². The van der Waals surface area contributed by atoms with Crippen LogP contribution in [0.5, 0.6) is 0 Å². The smallest absolute Gasteiger partial charge is 0.0481 e. The van der Waals surface area contributed by atoms with Gasteiger partial charge in [-0.2, -0.15) is 0 Å². The molecule has 0 aromatic heterocycles. The summed E-state index contributed by atoms with van der Waals surface area (Å²) < 4.78 is 10.6. The molecule has 1 rings (SSSR count). The maximum absolute atomic E-state index is 5.54. The first-order valence-corrected chi connectivity index (χ1v) is 5.50. The molecule has 1 unspecified atom stereocenters. The van der Waals surface area contributed by atoms with Gasteiger partial charge in [0.2, 0.25) is 0 Å². The second kappa shape index (κ2) is 7.17. The molecule has 1 atom stereocenters. The number of ether oxygens (including phenoxy) is 2. The third kappa shape index (κ3) is 3.92. The van der Waals surface area contributed by atoms with Crippen molar-refractivity contribution in [1.29, 1.82) is 0 Å². The highest BCUT2D eigenvalue weighted by atomic mass is 16.5. The first kappa shape index (κ1) is 11.9. The minimum absolute atomic E-state index is 0.380. The molecule has 0 aromatic rings. The third-order valence-electron chi connectivity index (χ3n) is 2.83. The molecule has 0 saturated carbocycles. The first-order chi connectivity index (χ1) is 6.88. The van der Waals surface area contributed by atoms with Crippen LogP contribution in [0.15, 0.2) is 0 Å². The van der Waals surface area contributed by atoms with E-state index in [2.05, 4.69) is 5.43 Å². The summed E-state index contributed by atoms with van der Waals surface area (Å²) in [6.45, 7) is 5.34. The summed E-state index contributed by atoms with van der Waals surface area (Å²) in [5.41, 5.74) is 2.90. The molecule has 4 heteroatoms. The fourth-order valence-electron chi connectivity index (χ4n) is 1.93. The zero-order chi connectivity index (χ0) is 10.2. The van der Waals surface area contributed by atoms with Crippen molar-refractivity contribution in [2.24, 2.45) is 11.8 Å². The molecule has 1 heterocycles. The lowest BCUT2D eigenvalue weighted by Crippen LogP contribution is -2.43. The van der Waals surface area contributed by atoms with E-state index in [-0.39, 0.29) is 0 Å². The first-order valence-electron chi connectivity index (χ1n) is 5.50. The van der Waals surface area contributed by atoms with Crippen molar-refractivity contribution in [2.75, 3.05) is 26.4 Å². The molecule has 1 fully saturated rings. The maximum Gasteiger partial charge on any atom is 0.0481 e. The number of nitrogens with two attached hydrogens (primary N) is 1. The molecular weight excluding hydrogens is 180 g/mol. The minimum Gasteiger partial charge on any atom is -0.382 e. The lowest BCUT2D eigenvalue weighted by Gasteiger charge is -2.29. The van der Waals surface area contributed by atoms with E-state index >= 15 is 0 Å². The Hall–Kier alpha value is -0.160. The number of hydrazine groups is 1. The second-order valence-electron chi connectivity index (χ2n) is 3.71. The van der Waals surface area contributed by atoms with Gasteiger partial charge in [-0.3, -0.25) is 11.3 Å². The highest BCUT2D eigenvalue weighted by Gasteiger charge is 2.22. The predicted octanol–water partition coefficient (Wildman–Crippen LogP) is 0.671. The van der Waals surface area contributed by atoms with Crippen molar-refractivity contribution in [3.63, 3.8) is 0 Å². The van der Waals surface area contributed by atoms with E-state index in [1.54, 1.807) is 0 Å². The van der Waals surface area contributed by atoms with E-state index in [1.165, 1.54) is 0 Å². The second-order valence-corrected chi connectivity index (χ2v) is 3.71. The monoisotopic (exact) mass is 202 g/mol. The van der Waals surface area contributed by atoms with Crippen LogP contribution >= 0.6 is 0 Å². The molecule has 0 bridgehead atoms. The van der Waals surface area contributed by atoms with Gasteiger partial charge in [-0.05, 0) is 32.1 Å². The summed E-state index contributed by atoms with van der Waals surface area (Å²) in [6.07, 6.45) is 3.22. The van der Waals surface area contributed by atoms with Crippen LogP contribution in [-0.4, -0.2) is 32.5 Å². The van der Waals surface area contributed by atoms with Crippen LogP contribution in [0, 0.1) is 5.92 Å². The molecule has 1 aliphatic rings. The molecule has 1 saturated heterocycles. The quantitative estimate of drug-likeness (QED) is 0.378. The Morgan fingerprint density at radius 2 is 2.21 bits per heavy atom. The van der Waals surface area contributed by atoms with E-state index in [0.717, 1.165) is 45.7 Å². The number of nitrogens with one attached hydrogen (secondary N) is 1. The van der Waals surface area contributed by atoms with E-state index in [0.29, 0.717) is 12.0 Å². The van der Waals surface area contributed by atoms with Crippen LogP contribution in [0.2, 0.25) is 0 Å². The van der Waals surface area contributed by atoms with E-state index in [9.17, 15) is 0 Å². The van der Waals surface area contributed by atoms with E-state index in [1.807, 2.05) is 6.92 Å². The maximum atomic E-state index is 5.54.